The lowest BCUT2D eigenvalue weighted by Crippen LogP contribution is -2.27. The van der Waals surface area contributed by atoms with E-state index in [9.17, 15) is 0 Å². The van der Waals surface area contributed by atoms with E-state index in [1.54, 1.807) is 0 Å². The number of rotatable bonds is 3. The number of likely N-dealkylation sites (N-methyl/N-ethyl adjacent to an activating group) is 1. The molecule has 1 atom stereocenters. The van der Waals surface area contributed by atoms with E-state index in [1.165, 1.54) is 16.3 Å². The molecule has 0 aliphatic rings. The lowest BCUT2D eigenvalue weighted by molar-refractivity contribution is 0.308. The van der Waals surface area contributed by atoms with Gasteiger partial charge in [0, 0.05) is 12.6 Å². The summed E-state index contributed by atoms with van der Waals surface area (Å²) in [6, 6.07) is 15.1. The Balaban J connectivity index is 2.59. The summed E-state index contributed by atoms with van der Waals surface area (Å²) in [5, 5.41) is 2.58. The number of fused-ring (bicyclic) bond motifs is 1. The molecule has 0 aromatic heterocycles. The van der Waals surface area contributed by atoms with Crippen LogP contribution in [-0.2, 0) is 0 Å². The van der Waals surface area contributed by atoms with Gasteiger partial charge in [0.25, 0.3) is 0 Å². The van der Waals surface area contributed by atoms with E-state index >= 15 is 0 Å². The second-order valence-corrected chi connectivity index (χ2v) is 4.28. The number of nitrogens with two attached hydrogens (primary N) is 1. The Morgan fingerprint density at radius 3 is 2.44 bits per heavy atom. The zero-order chi connectivity index (χ0) is 11.5. The molecule has 0 spiro atoms. The van der Waals surface area contributed by atoms with Gasteiger partial charge in [-0.15, -0.1) is 0 Å². The molecule has 0 saturated carbocycles. The van der Waals surface area contributed by atoms with E-state index in [1.807, 2.05) is 0 Å². The Morgan fingerprint density at radius 1 is 1.06 bits per heavy atom. The summed E-state index contributed by atoms with van der Waals surface area (Å²) in [7, 11) is 4.14. The molecule has 16 heavy (non-hydrogen) atoms. The summed E-state index contributed by atoms with van der Waals surface area (Å²) >= 11 is 0. The SMILES string of the molecule is CN(C)[C@H](CN)c1cccc2ccccc12. The van der Waals surface area contributed by atoms with Crippen molar-refractivity contribution in [2.75, 3.05) is 20.6 Å². The van der Waals surface area contributed by atoms with Crippen molar-refractivity contribution in [1.29, 1.82) is 0 Å². The molecule has 2 rings (SSSR count). The molecule has 0 radical (unpaired) electrons. The Morgan fingerprint density at radius 2 is 1.75 bits per heavy atom. The fourth-order valence-electron chi connectivity index (χ4n) is 2.16. The minimum absolute atomic E-state index is 0.283. The predicted molar refractivity (Wildman–Crippen MR) is 69.4 cm³/mol. The summed E-state index contributed by atoms with van der Waals surface area (Å²) in [6.45, 7) is 0.640. The van der Waals surface area contributed by atoms with Crippen LogP contribution < -0.4 is 5.73 Å². The van der Waals surface area contributed by atoms with E-state index in [-0.39, 0.29) is 6.04 Å². The Labute approximate surface area is 96.7 Å². The lowest BCUT2D eigenvalue weighted by atomic mass is 9.98. The molecule has 0 aliphatic carbocycles. The van der Waals surface area contributed by atoms with Crippen molar-refractivity contribution in [2.24, 2.45) is 5.73 Å². The van der Waals surface area contributed by atoms with E-state index in [0.29, 0.717) is 6.54 Å². The number of hydrogen-bond acceptors (Lipinski definition) is 2. The summed E-state index contributed by atoms with van der Waals surface area (Å²) in [4.78, 5) is 2.17. The van der Waals surface area contributed by atoms with Crippen molar-refractivity contribution < 1.29 is 0 Å². The first-order chi connectivity index (χ1) is 7.74. The Bertz CT molecular complexity index is 472. The highest BCUT2D eigenvalue weighted by molar-refractivity contribution is 5.86. The van der Waals surface area contributed by atoms with Crippen LogP contribution >= 0.6 is 0 Å². The van der Waals surface area contributed by atoms with Gasteiger partial charge in [-0.3, -0.25) is 0 Å². The van der Waals surface area contributed by atoms with Gasteiger partial charge in [0.1, 0.15) is 0 Å². The van der Waals surface area contributed by atoms with Crippen LogP contribution in [0.3, 0.4) is 0 Å². The normalized spacial score (nSPS) is 13.2. The fourth-order valence-corrected chi connectivity index (χ4v) is 2.16. The molecular formula is C14H18N2. The van der Waals surface area contributed by atoms with Gasteiger partial charge < -0.3 is 10.6 Å². The van der Waals surface area contributed by atoms with Gasteiger partial charge in [0.05, 0.1) is 0 Å². The third-order valence-corrected chi connectivity index (χ3v) is 3.03. The maximum absolute atomic E-state index is 5.86. The Hall–Kier alpha value is -1.38. The summed E-state index contributed by atoms with van der Waals surface area (Å²) in [6.07, 6.45) is 0. The second kappa shape index (κ2) is 4.64. The summed E-state index contributed by atoms with van der Waals surface area (Å²) in [5.41, 5.74) is 7.17. The summed E-state index contributed by atoms with van der Waals surface area (Å²) in [5.74, 6) is 0. The number of hydrogen-bond donors (Lipinski definition) is 1. The molecule has 84 valence electrons. The molecular weight excluding hydrogens is 196 g/mol. The lowest BCUT2D eigenvalue weighted by Gasteiger charge is -2.24. The largest absolute Gasteiger partial charge is 0.329 e. The highest BCUT2D eigenvalue weighted by atomic mass is 15.1. The van der Waals surface area contributed by atoms with Crippen molar-refractivity contribution in [3.63, 3.8) is 0 Å². The van der Waals surface area contributed by atoms with Crippen LogP contribution in [0.5, 0.6) is 0 Å². The number of nitrogens with zero attached hydrogens (tertiary/aromatic N) is 1. The zero-order valence-corrected chi connectivity index (χ0v) is 9.85. The molecule has 0 saturated heterocycles. The standard InChI is InChI=1S/C14H18N2/c1-16(2)14(10-15)13-9-5-7-11-6-3-4-8-12(11)13/h3-9,14H,10,15H2,1-2H3/t14-/m1/s1. The molecule has 2 aromatic carbocycles. The maximum Gasteiger partial charge on any atom is 0.0470 e. The van der Waals surface area contributed by atoms with Crippen LogP contribution in [0.25, 0.3) is 10.8 Å². The maximum atomic E-state index is 5.86. The van der Waals surface area contributed by atoms with Crippen LogP contribution in [0.2, 0.25) is 0 Å². The van der Waals surface area contributed by atoms with Crippen LogP contribution in [-0.4, -0.2) is 25.5 Å². The molecule has 2 nitrogen and oxygen atoms in total. The van der Waals surface area contributed by atoms with Gasteiger partial charge in [-0.1, -0.05) is 42.5 Å². The van der Waals surface area contributed by atoms with E-state index < -0.39 is 0 Å². The predicted octanol–water partition coefficient (Wildman–Crippen LogP) is 2.40. The third kappa shape index (κ3) is 1.94. The average Bonchev–Trinajstić information content (AvgIpc) is 2.30. The third-order valence-electron chi connectivity index (χ3n) is 3.03. The van der Waals surface area contributed by atoms with Crippen molar-refractivity contribution >= 4 is 10.8 Å². The quantitative estimate of drug-likeness (QED) is 0.850. The van der Waals surface area contributed by atoms with Gasteiger partial charge >= 0.3 is 0 Å². The molecule has 0 heterocycles. The average molecular weight is 214 g/mol. The number of benzene rings is 2. The van der Waals surface area contributed by atoms with Gasteiger partial charge in [-0.05, 0) is 30.4 Å². The zero-order valence-electron chi connectivity index (χ0n) is 9.85. The smallest absolute Gasteiger partial charge is 0.0470 e. The van der Waals surface area contributed by atoms with Crippen LogP contribution in [0, 0.1) is 0 Å². The highest BCUT2D eigenvalue weighted by Gasteiger charge is 2.14. The molecule has 0 fully saturated rings. The van der Waals surface area contributed by atoms with E-state index in [2.05, 4.69) is 61.5 Å². The molecule has 0 amide bonds. The molecule has 2 heteroatoms. The van der Waals surface area contributed by atoms with Gasteiger partial charge in [0.2, 0.25) is 0 Å². The molecule has 0 aliphatic heterocycles. The first-order valence-electron chi connectivity index (χ1n) is 5.58. The van der Waals surface area contributed by atoms with E-state index in [4.69, 9.17) is 5.73 Å². The fraction of sp³-hybridized carbons (Fsp3) is 0.286. The van der Waals surface area contributed by atoms with Crippen LogP contribution in [0.15, 0.2) is 42.5 Å². The van der Waals surface area contributed by atoms with Crippen molar-refractivity contribution in [1.82, 2.24) is 4.90 Å². The minimum Gasteiger partial charge on any atom is -0.329 e. The highest BCUT2D eigenvalue weighted by Crippen LogP contribution is 2.26. The van der Waals surface area contributed by atoms with Crippen molar-refractivity contribution in [2.45, 2.75) is 6.04 Å². The topological polar surface area (TPSA) is 29.3 Å². The summed E-state index contributed by atoms with van der Waals surface area (Å²) < 4.78 is 0. The van der Waals surface area contributed by atoms with Gasteiger partial charge in [0.15, 0.2) is 0 Å². The van der Waals surface area contributed by atoms with E-state index in [0.717, 1.165) is 0 Å². The molecule has 2 aromatic rings. The van der Waals surface area contributed by atoms with Gasteiger partial charge in [-0.2, -0.15) is 0 Å². The van der Waals surface area contributed by atoms with Gasteiger partial charge in [-0.25, -0.2) is 0 Å². The molecule has 0 unspecified atom stereocenters. The minimum atomic E-state index is 0.283. The van der Waals surface area contributed by atoms with Crippen molar-refractivity contribution in [3.8, 4) is 0 Å². The monoisotopic (exact) mass is 214 g/mol. The molecule has 0 bridgehead atoms. The first-order valence-corrected chi connectivity index (χ1v) is 5.58. The van der Waals surface area contributed by atoms with Crippen LogP contribution in [0.1, 0.15) is 11.6 Å². The van der Waals surface area contributed by atoms with Crippen molar-refractivity contribution in [3.05, 3.63) is 48.0 Å². The Kier molecular flexibility index (Phi) is 3.22. The molecule has 2 N–H and O–H groups in total. The second-order valence-electron chi connectivity index (χ2n) is 4.28. The van der Waals surface area contributed by atoms with Crippen LogP contribution in [0.4, 0.5) is 0 Å². The first kappa shape index (κ1) is 11.1.